The van der Waals surface area contributed by atoms with Crippen LogP contribution in [0.1, 0.15) is 76.8 Å². The molecule has 352 valence electrons. The van der Waals surface area contributed by atoms with Gasteiger partial charge in [-0.2, -0.15) is 0 Å². The van der Waals surface area contributed by atoms with Crippen LogP contribution in [0.25, 0.3) is 0 Å². The molecule has 8 atom stereocenters. The number of aromatic hydroxyl groups is 1. The van der Waals surface area contributed by atoms with E-state index in [0.717, 1.165) is 23.0 Å². The molecule has 0 bridgehead atoms. The van der Waals surface area contributed by atoms with Crippen molar-refractivity contribution in [1.29, 1.82) is 0 Å². The summed E-state index contributed by atoms with van der Waals surface area (Å²) in [5.74, 6) is -6.22. The molecule has 2 aromatic rings. The Morgan fingerprint density at radius 2 is 1.47 bits per heavy atom. The van der Waals surface area contributed by atoms with Gasteiger partial charge in [0, 0.05) is 43.3 Å². The van der Waals surface area contributed by atoms with E-state index in [1.165, 1.54) is 25.4 Å². The third kappa shape index (κ3) is 17.6. The Bertz CT molecular complexity index is 1940. The molecule has 19 nitrogen and oxygen atoms in total. The Morgan fingerprint density at radius 1 is 0.844 bits per heavy atom. The predicted molar refractivity (Wildman–Crippen MR) is 237 cm³/mol. The second-order valence-electron chi connectivity index (χ2n) is 15.9. The number of ether oxygens (including phenoxy) is 1. The molecule has 8 N–H and O–H groups in total. The fourth-order valence-corrected chi connectivity index (χ4v) is 7.50. The van der Waals surface area contributed by atoms with Crippen LogP contribution in [0.15, 0.2) is 54.6 Å². The van der Waals surface area contributed by atoms with E-state index in [2.05, 4.69) is 31.9 Å². The van der Waals surface area contributed by atoms with E-state index in [4.69, 9.17) is 4.74 Å². The van der Waals surface area contributed by atoms with Gasteiger partial charge in [-0.05, 0) is 80.5 Å². The third-order valence-corrected chi connectivity index (χ3v) is 11.8. The minimum absolute atomic E-state index is 0.0139. The average Bonchev–Trinajstić information content (AvgIpc) is 3.26. The highest BCUT2D eigenvalue weighted by Gasteiger charge is 2.36. The quantitative estimate of drug-likeness (QED) is 0.110. The standard InChI is InChI=1S/C44H63N7O12S/c1-6-27(2)37(43(59)60)50-44(61)49-32-14-10-11-24-45-38(54)35(26-63-28(3)52)48-41(57)36(22-18-30-15-19-31(53)20-16-30)51(4)42(58)34(21-17-29-12-8-7-9-13-29)47-40(56)33(46-39(32)55)23-25-64(5)62/h7-9,12-13,15-16,19-20,27,32-37,53H,6,10-11,14,17-18,21-26H2,1-5H3,(H,45,54)(H,46,55)(H,47,56)(H,48,57)(H,59,60)(H2,49,50,61)/t27-,32+,33-,34-,35-,36-,37-,64+/m0/s1. The highest BCUT2D eigenvalue weighted by atomic mass is 32.2. The first kappa shape index (κ1) is 52.3. The fraction of sp³-hybridized carbons (Fsp3) is 0.545. The van der Waals surface area contributed by atoms with Crippen molar-refractivity contribution in [3.63, 3.8) is 0 Å². The van der Waals surface area contributed by atoms with Crippen LogP contribution in [0.4, 0.5) is 4.79 Å². The lowest BCUT2D eigenvalue weighted by Crippen LogP contribution is -2.60. The van der Waals surface area contributed by atoms with Crippen LogP contribution in [-0.4, -0.2) is 135 Å². The summed E-state index contributed by atoms with van der Waals surface area (Å²) in [6.07, 6.45) is 2.74. The van der Waals surface area contributed by atoms with Gasteiger partial charge in [0.25, 0.3) is 0 Å². The number of hydrogen-bond acceptors (Lipinski definition) is 11. The first-order valence-electron chi connectivity index (χ1n) is 21.4. The minimum atomic E-state index is -1.42. The summed E-state index contributed by atoms with van der Waals surface area (Å²) in [4.78, 5) is 109. The van der Waals surface area contributed by atoms with Crippen LogP contribution >= 0.6 is 0 Å². The number of phenolic OH excluding ortho intramolecular Hbond substituents is 1. The molecule has 0 saturated carbocycles. The van der Waals surface area contributed by atoms with E-state index in [1.54, 1.807) is 26.0 Å². The number of nitrogens with zero attached hydrogens (tertiary/aromatic N) is 1. The number of nitrogens with one attached hydrogen (secondary N) is 6. The molecule has 0 aliphatic carbocycles. The van der Waals surface area contributed by atoms with Crippen molar-refractivity contribution < 1.29 is 57.5 Å². The maximum Gasteiger partial charge on any atom is 0.326 e. The molecule has 0 radical (unpaired) electrons. The maximum atomic E-state index is 14.7. The van der Waals surface area contributed by atoms with Crippen molar-refractivity contribution in [2.45, 2.75) is 115 Å². The number of hydrogen-bond donors (Lipinski definition) is 8. The number of carbonyl (C=O) groups excluding carboxylic acids is 7. The van der Waals surface area contributed by atoms with E-state index >= 15 is 0 Å². The van der Waals surface area contributed by atoms with Crippen LogP contribution in [0.3, 0.4) is 0 Å². The summed E-state index contributed by atoms with van der Waals surface area (Å²) >= 11 is 0. The maximum absolute atomic E-state index is 14.7. The van der Waals surface area contributed by atoms with Gasteiger partial charge in [0.2, 0.25) is 29.5 Å². The number of urea groups is 1. The second-order valence-corrected chi connectivity index (χ2v) is 17.5. The third-order valence-electron chi connectivity index (χ3n) is 11.0. The Labute approximate surface area is 376 Å². The number of amides is 7. The van der Waals surface area contributed by atoms with Crippen molar-refractivity contribution in [3.8, 4) is 5.75 Å². The van der Waals surface area contributed by atoms with Gasteiger partial charge in [0.1, 0.15) is 48.6 Å². The van der Waals surface area contributed by atoms with E-state index in [-0.39, 0.29) is 63.0 Å². The predicted octanol–water partition coefficient (Wildman–Crippen LogP) is 1.04. The number of phenols is 1. The van der Waals surface area contributed by atoms with Gasteiger partial charge in [0.15, 0.2) is 0 Å². The van der Waals surface area contributed by atoms with Crippen molar-refractivity contribution >= 4 is 58.3 Å². The Balaban J connectivity index is 2.09. The number of carboxylic acids is 1. The molecule has 1 fully saturated rings. The monoisotopic (exact) mass is 913 g/mol. The van der Waals surface area contributed by atoms with E-state index in [1.807, 2.05) is 30.3 Å². The molecule has 2 aromatic carbocycles. The van der Waals surface area contributed by atoms with Gasteiger partial charge in [0.05, 0.1) is 0 Å². The number of rotatable bonds is 16. The number of benzene rings is 2. The minimum Gasteiger partial charge on any atom is -0.508 e. The van der Waals surface area contributed by atoms with E-state index in [9.17, 15) is 52.8 Å². The zero-order valence-corrected chi connectivity index (χ0v) is 37.9. The van der Waals surface area contributed by atoms with Crippen molar-refractivity contribution in [3.05, 3.63) is 65.7 Å². The molecular formula is C44H63N7O12S. The average molecular weight is 914 g/mol. The number of aliphatic carboxylic acids is 1. The Morgan fingerprint density at radius 3 is 2.09 bits per heavy atom. The van der Waals surface area contributed by atoms with Crippen molar-refractivity contribution in [1.82, 2.24) is 36.8 Å². The SMILES string of the molecule is CC[C@H](C)[C@H](NC(=O)N[C@@H]1CCCCNC(=O)[C@H](COC(C)=O)NC(=O)[C@H](CCc2ccc(O)cc2)N(C)C(=O)[C@H](CCc2ccccc2)NC(=O)[C@H](CC[S@@](C)=O)NC1=O)C(=O)O. The molecule has 1 aliphatic rings. The molecule has 3 rings (SSSR count). The summed E-state index contributed by atoms with van der Waals surface area (Å²) in [5.41, 5.74) is 1.56. The molecule has 1 aliphatic heterocycles. The molecule has 0 spiro atoms. The fourth-order valence-electron chi connectivity index (χ4n) is 6.93. The summed E-state index contributed by atoms with van der Waals surface area (Å²) in [6, 6.07) is 6.56. The van der Waals surface area contributed by atoms with Gasteiger partial charge < -0.3 is 51.8 Å². The summed E-state index contributed by atoms with van der Waals surface area (Å²) in [6.45, 7) is 4.02. The first-order chi connectivity index (χ1) is 30.4. The van der Waals surface area contributed by atoms with Crippen LogP contribution in [0, 0.1) is 5.92 Å². The molecule has 1 heterocycles. The molecular weight excluding hydrogens is 851 g/mol. The second kappa shape index (κ2) is 26.5. The first-order valence-corrected chi connectivity index (χ1v) is 23.1. The number of carbonyl (C=O) groups is 8. The molecule has 1 saturated heterocycles. The number of likely N-dealkylation sites (N-methyl/N-ethyl adjacent to an activating group) is 1. The van der Waals surface area contributed by atoms with Gasteiger partial charge in [-0.3, -0.25) is 33.0 Å². The summed E-state index contributed by atoms with van der Waals surface area (Å²) in [5, 5.41) is 35.3. The lowest BCUT2D eigenvalue weighted by Gasteiger charge is -2.32. The highest BCUT2D eigenvalue weighted by Crippen LogP contribution is 2.17. The van der Waals surface area contributed by atoms with Gasteiger partial charge in [-0.15, -0.1) is 0 Å². The molecule has 7 amide bonds. The van der Waals surface area contributed by atoms with Crippen molar-refractivity contribution in [2.75, 3.05) is 32.2 Å². The van der Waals surface area contributed by atoms with Crippen molar-refractivity contribution in [2.24, 2.45) is 5.92 Å². The van der Waals surface area contributed by atoms with Crippen LogP contribution in [0.2, 0.25) is 0 Å². The summed E-state index contributed by atoms with van der Waals surface area (Å²) < 4.78 is 17.5. The van der Waals surface area contributed by atoms with Gasteiger partial charge in [-0.1, -0.05) is 62.7 Å². The van der Waals surface area contributed by atoms with Crippen LogP contribution in [0.5, 0.6) is 5.75 Å². The van der Waals surface area contributed by atoms with E-state index < -0.39 is 107 Å². The largest absolute Gasteiger partial charge is 0.508 e. The number of aryl methyl sites for hydroxylation is 2. The lowest BCUT2D eigenvalue weighted by atomic mass is 9.99. The lowest BCUT2D eigenvalue weighted by molar-refractivity contribution is -0.146. The van der Waals surface area contributed by atoms with Gasteiger partial charge in [-0.25, -0.2) is 9.59 Å². The Hall–Kier alpha value is -6.05. The van der Waals surface area contributed by atoms with Crippen LogP contribution in [-0.2, 0) is 61.9 Å². The normalized spacial score (nSPS) is 22.1. The van der Waals surface area contributed by atoms with E-state index in [0.29, 0.717) is 12.8 Å². The van der Waals surface area contributed by atoms with Gasteiger partial charge >= 0.3 is 18.0 Å². The zero-order valence-electron chi connectivity index (χ0n) is 37.1. The topological polar surface area (TPSA) is 279 Å². The number of carboxylic acid groups (broad SMARTS) is 1. The highest BCUT2D eigenvalue weighted by molar-refractivity contribution is 7.84. The molecule has 20 heteroatoms. The molecule has 0 unspecified atom stereocenters. The molecule has 0 aromatic heterocycles. The smallest absolute Gasteiger partial charge is 0.326 e. The zero-order chi connectivity index (χ0) is 47.3. The Kier molecular flexibility index (Phi) is 21.7. The molecule has 64 heavy (non-hydrogen) atoms. The number of esters is 1. The summed E-state index contributed by atoms with van der Waals surface area (Å²) in [7, 11) is -0.0367. The van der Waals surface area contributed by atoms with Crippen LogP contribution < -0.4 is 31.9 Å².